The van der Waals surface area contributed by atoms with Crippen LogP contribution in [0, 0.1) is 5.92 Å². The van der Waals surface area contributed by atoms with E-state index in [4.69, 9.17) is 5.73 Å². The minimum Gasteiger partial charge on any atom is -0.481 e. The summed E-state index contributed by atoms with van der Waals surface area (Å²) in [5.41, 5.74) is 6.60. The second-order valence-corrected chi connectivity index (χ2v) is 7.12. The molecule has 2 unspecified atom stereocenters. The van der Waals surface area contributed by atoms with Crippen LogP contribution in [0.25, 0.3) is 0 Å². The summed E-state index contributed by atoms with van der Waals surface area (Å²) in [7, 11) is 0. The van der Waals surface area contributed by atoms with Gasteiger partial charge in [0, 0.05) is 12.2 Å². The van der Waals surface area contributed by atoms with Crippen LogP contribution in [0.2, 0.25) is 0 Å². The second-order valence-electron chi connectivity index (χ2n) is 6.33. The van der Waals surface area contributed by atoms with Crippen molar-refractivity contribution in [2.45, 2.75) is 25.4 Å². The predicted molar refractivity (Wildman–Crippen MR) is 102 cm³/mol. The lowest BCUT2D eigenvalue weighted by atomic mass is 9.95. The second kappa shape index (κ2) is 8.41. The first-order valence-electron chi connectivity index (χ1n) is 8.54. The van der Waals surface area contributed by atoms with Gasteiger partial charge in [-0.2, -0.15) is 0 Å². The number of benzene rings is 1. The number of nitrogens with zero attached hydrogens (tertiary/aromatic N) is 3. The van der Waals surface area contributed by atoms with Gasteiger partial charge < -0.3 is 25.8 Å². The van der Waals surface area contributed by atoms with E-state index in [2.05, 4.69) is 36.0 Å². The first-order valence-corrected chi connectivity index (χ1v) is 9.33. The molecule has 1 aliphatic rings. The number of carboxylic acid groups (broad SMARTS) is 1. The van der Waals surface area contributed by atoms with Gasteiger partial charge in [0.2, 0.25) is 0 Å². The van der Waals surface area contributed by atoms with Crippen molar-refractivity contribution < 1.29 is 27.8 Å². The van der Waals surface area contributed by atoms with Crippen LogP contribution in [0.15, 0.2) is 35.1 Å². The summed E-state index contributed by atoms with van der Waals surface area (Å²) in [5.74, 6) is -1.25. The normalized spacial score (nSPS) is 19.7. The molecule has 156 valence electrons. The van der Waals surface area contributed by atoms with Gasteiger partial charge in [-0.1, -0.05) is 0 Å². The van der Waals surface area contributed by atoms with Gasteiger partial charge in [-0.05, 0) is 53.0 Å². The Kier molecular flexibility index (Phi) is 6.13. The van der Waals surface area contributed by atoms with Crippen LogP contribution in [0.4, 0.5) is 30.5 Å². The quantitative estimate of drug-likeness (QED) is 0.602. The van der Waals surface area contributed by atoms with Crippen molar-refractivity contribution in [1.29, 1.82) is 0 Å². The van der Waals surface area contributed by atoms with E-state index in [1.807, 2.05) is 0 Å². The predicted octanol–water partition coefficient (Wildman–Crippen LogP) is 3.47. The molecule has 2 atom stereocenters. The van der Waals surface area contributed by atoms with E-state index in [9.17, 15) is 23.1 Å². The number of alkyl halides is 3. The maximum absolute atomic E-state index is 12.3. The highest BCUT2D eigenvalue weighted by atomic mass is 79.9. The Hall–Kier alpha value is -2.60. The largest absolute Gasteiger partial charge is 0.573 e. The molecule has 0 saturated carbocycles. The molecule has 4 N–H and O–H groups in total. The van der Waals surface area contributed by atoms with Crippen LogP contribution in [0.5, 0.6) is 5.75 Å². The number of carboxylic acids is 1. The van der Waals surface area contributed by atoms with E-state index >= 15 is 0 Å². The van der Waals surface area contributed by atoms with Gasteiger partial charge in [0.05, 0.1) is 12.1 Å². The molecule has 8 nitrogen and oxygen atoms in total. The summed E-state index contributed by atoms with van der Waals surface area (Å²) in [6.07, 6.45) is -3.10. The number of aromatic nitrogens is 2. The zero-order valence-electron chi connectivity index (χ0n) is 14.9. The molecule has 1 aromatic heterocycles. The van der Waals surface area contributed by atoms with Crippen molar-refractivity contribution in [1.82, 2.24) is 9.97 Å². The van der Waals surface area contributed by atoms with Gasteiger partial charge in [-0.15, -0.1) is 13.2 Å². The van der Waals surface area contributed by atoms with Crippen molar-refractivity contribution in [2.24, 2.45) is 11.7 Å². The zero-order chi connectivity index (χ0) is 21.2. The zero-order valence-corrected chi connectivity index (χ0v) is 16.4. The third kappa shape index (κ3) is 5.07. The lowest BCUT2D eigenvalue weighted by Crippen LogP contribution is -2.54. The Bertz CT molecular complexity index is 882. The van der Waals surface area contributed by atoms with Crippen LogP contribution < -0.4 is 20.7 Å². The summed E-state index contributed by atoms with van der Waals surface area (Å²) in [4.78, 5) is 21.4. The summed E-state index contributed by atoms with van der Waals surface area (Å²) in [5, 5.41) is 12.3. The SMILES string of the molecule is NC1C(C(=O)O)CCCN1c1ncnc(Nc2ccc(OC(F)(F)F)cc2)c1Br. The van der Waals surface area contributed by atoms with Crippen LogP contribution in [-0.4, -0.2) is 40.1 Å². The van der Waals surface area contributed by atoms with E-state index < -0.39 is 24.4 Å². The van der Waals surface area contributed by atoms with Crippen molar-refractivity contribution in [3.05, 3.63) is 35.1 Å². The Labute approximate surface area is 172 Å². The molecule has 1 fully saturated rings. The Morgan fingerprint density at radius 3 is 2.62 bits per heavy atom. The number of rotatable bonds is 5. The fourth-order valence-corrected chi connectivity index (χ4v) is 3.59. The summed E-state index contributed by atoms with van der Waals surface area (Å²) in [6.45, 7) is 0.531. The van der Waals surface area contributed by atoms with E-state index in [1.165, 1.54) is 30.6 Å². The van der Waals surface area contributed by atoms with Crippen molar-refractivity contribution >= 4 is 39.2 Å². The molecule has 0 aliphatic carbocycles. The van der Waals surface area contributed by atoms with Gasteiger partial charge in [0.15, 0.2) is 0 Å². The molecule has 0 amide bonds. The minimum absolute atomic E-state index is 0.343. The van der Waals surface area contributed by atoms with Gasteiger partial charge in [0.1, 0.15) is 28.2 Å². The third-order valence-electron chi connectivity index (χ3n) is 4.40. The van der Waals surface area contributed by atoms with Crippen LogP contribution >= 0.6 is 15.9 Å². The molecular weight excluding hydrogens is 459 g/mol. The topological polar surface area (TPSA) is 114 Å². The molecule has 1 aromatic carbocycles. The molecule has 1 saturated heterocycles. The monoisotopic (exact) mass is 475 g/mol. The number of aliphatic carboxylic acids is 1. The highest BCUT2D eigenvalue weighted by Crippen LogP contribution is 2.35. The maximum atomic E-state index is 12.3. The molecule has 0 radical (unpaired) electrons. The molecule has 12 heteroatoms. The lowest BCUT2D eigenvalue weighted by molar-refractivity contribution is -0.274. The number of halogens is 4. The Balaban J connectivity index is 1.79. The maximum Gasteiger partial charge on any atom is 0.573 e. The molecule has 0 spiro atoms. The number of anilines is 3. The van der Waals surface area contributed by atoms with E-state index in [0.717, 1.165) is 0 Å². The van der Waals surface area contributed by atoms with Gasteiger partial charge >= 0.3 is 12.3 Å². The number of ether oxygens (including phenoxy) is 1. The highest BCUT2D eigenvalue weighted by Gasteiger charge is 2.35. The number of carbonyl (C=O) groups is 1. The summed E-state index contributed by atoms with van der Waals surface area (Å²) >= 11 is 3.41. The van der Waals surface area contributed by atoms with Crippen molar-refractivity contribution in [3.8, 4) is 5.75 Å². The molecule has 1 aliphatic heterocycles. The summed E-state index contributed by atoms with van der Waals surface area (Å²) < 4.78 is 41.1. The lowest BCUT2D eigenvalue weighted by Gasteiger charge is -2.38. The van der Waals surface area contributed by atoms with E-state index in [-0.39, 0.29) is 5.75 Å². The smallest absolute Gasteiger partial charge is 0.481 e. The fraction of sp³-hybridized carbons (Fsp3) is 0.353. The standard InChI is InChI=1S/C17H17BrF3N5O3/c18-12-14(25-9-3-5-10(6-4-9)29-17(19,20)21)23-8-24-15(12)26-7-1-2-11(13(26)22)16(27)28/h3-6,8,11,13H,1-2,7,22H2,(H,27,28)(H,23,24,25). The minimum atomic E-state index is -4.76. The van der Waals surface area contributed by atoms with Gasteiger partial charge in [-0.3, -0.25) is 4.79 Å². The number of hydrogen-bond acceptors (Lipinski definition) is 7. The molecule has 2 heterocycles. The highest BCUT2D eigenvalue weighted by molar-refractivity contribution is 9.10. The van der Waals surface area contributed by atoms with Gasteiger partial charge in [0.25, 0.3) is 0 Å². The Morgan fingerprint density at radius 2 is 2.00 bits per heavy atom. The average molecular weight is 476 g/mol. The fourth-order valence-electron chi connectivity index (χ4n) is 3.06. The van der Waals surface area contributed by atoms with Crippen LogP contribution in [0.3, 0.4) is 0 Å². The molecular formula is C17H17BrF3N5O3. The number of piperidine rings is 1. The van der Waals surface area contributed by atoms with Crippen molar-refractivity contribution in [3.63, 3.8) is 0 Å². The van der Waals surface area contributed by atoms with Crippen LogP contribution in [-0.2, 0) is 4.79 Å². The average Bonchev–Trinajstić information content (AvgIpc) is 2.64. The molecule has 29 heavy (non-hydrogen) atoms. The molecule has 3 rings (SSSR count). The number of hydrogen-bond donors (Lipinski definition) is 3. The first kappa shape index (κ1) is 21.1. The van der Waals surface area contributed by atoms with Crippen LogP contribution in [0.1, 0.15) is 12.8 Å². The van der Waals surface area contributed by atoms with E-state index in [1.54, 1.807) is 4.90 Å². The number of nitrogens with two attached hydrogens (primary N) is 1. The number of nitrogens with one attached hydrogen (secondary N) is 1. The molecule has 0 bridgehead atoms. The Morgan fingerprint density at radius 1 is 1.31 bits per heavy atom. The van der Waals surface area contributed by atoms with Crippen molar-refractivity contribution in [2.75, 3.05) is 16.8 Å². The first-order chi connectivity index (χ1) is 13.7. The third-order valence-corrected chi connectivity index (χ3v) is 5.13. The van der Waals surface area contributed by atoms with Gasteiger partial charge in [-0.25, -0.2) is 9.97 Å². The summed E-state index contributed by atoms with van der Waals surface area (Å²) in [6, 6.07) is 5.15. The van der Waals surface area contributed by atoms with E-state index in [0.29, 0.717) is 41.2 Å². The molecule has 2 aromatic rings.